The van der Waals surface area contributed by atoms with E-state index in [0.717, 1.165) is 30.1 Å². The molecule has 1 N–H and O–H groups in total. The largest absolute Gasteiger partial charge is 0.478 e. The van der Waals surface area contributed by atoms with Crippen LogP contribution in [0.3, 0.4) is 0 Å². The number of carboxylic acids is 1. The fraction of sp³-hybridized carbons (Fsp3) is 0.812. The molecule has 0 heterocycles. The summed E-state index contributed by atoms with van der Waals surface area (Å²) in [6, 6.07) is 0. The summed E-state index contributed by atoms with van der Waals surface area (Å²) in [7, 11) is 0. The molecule has 3 aliphatic carbocycles. The minimum atomic E-state index is -0.881. The number of hydrogen-bond acceptors (Lipinski definition) is 2. The molecule has 3 rings (SSSR count). The highest BCUT2D eigenvalue weighted by Crippen LogP contribution is 2.59. The predicted molar refractivity (Wildman–Crippen MR) is 72.8 cm³/mol. The second-order valence-electron chi connectivity index (χ2n) is 6.58. The Morgan fingerprint density at radius 3 is 2.79 bits per heavy atom. The van der Waals surface area contributed by atoms with Crippen molar-refractivity contribution in [2.45, 2.75) is 51.0 Å². The van der Waals surface area contributed by atoms with Crippen LogP contribution in [0, 0.1) is 23.7 Å². The van der Waals surface area contributed by atoms with Crippen LogP contribution in [0.4, 0.5) is 0 Å². The molecule has 0 aliphatic heterocycles. The lowest BCUT2D eigenvalue weighted by Crippen LogP contribution is -2.30. The van der Waals surface area contributed by atoms with Crippen LogP contribution in [-0.2, 0) is 9.53 Å². The van der Waals surface area contributed by atoms with Gasteiger partial charge in [0.05, 0.1) is 6.10 Å². The van der Waals surface area contributed by atoms with Crippen molar-refractivity contribution in [2.75, 3.05) is 6.61 Å². The van der Waals surface area contributed by atoms with Gasteiger partial charge in [-0.05, 0) is 62.2 Å². The van der Waals surface area contributed by atoms with Crippen LogP contribution in [0.1, 0.15) is 44.9 Å². The Morgan fingerprint density at radius 2 is 2.00 bits per heavy atom. The second-order valence-corrected chi connectivity index (χ2v) is 6.58. The van der Waals surface area contributed by atoms with Crippen LogP contribution < -0.4 is 0 Å². The summed E-state index contributed by atoms with van der Waals surface area (Å²) in [5.41, 5.74) is 0.299. The van der Waals surface area contributed by atoms with Crippen molar-refractivity contribution in [3.05, 3.63) is 12.2 Å². The van der Waals surface area contributed by atoms with Crippen LogP contribution in [0.25, 0.3) is 0 Å². The average Bonchev–Trinajstić information content (AvgIpc) is 3.05. The van der Waals surface area contributed by atoms with E-state index < -0.39 is 5.97 Å². The maximum absolute atomic E-state index is 10.6. The zero-order valence-corrected chi connectivity index (χ0v) is 11.5. The molecule has 2 bridgehead atoms. The summed E-state index contributed by atoms with van der Waals surface area (Å²) in [5, 5.41) is 8.74. The first-order valence-corrected chi connectivity index (χ1v) is 7.69. The first kappa shape index (κ1) is 13.2. The van der Waals surface area contributed by atoms with E-state index in [1.54, 1.807) is 0 Å². The normalized spacial score (nSPS) is 39.5. The van der Waals surface area contributed by atoms with Crippen molar-refractivity contribution in [1.82, 2.24) is 0 Å². The fourth-order valence-corrected chi connectivity index (χ4v) is 4.82. The average molecular weight is 264 g/mol. The van der Waals surface area contributed by atoms with Gasteiger partial charge in [0.25, 0.3) is 0 Å². The van der Waals surface area contributed by atoms with Crippen LogP contribution >= 0.6 is 0 Å². The summed E-state index contributed by atoms with van der Waals surface area (Å²) in [4.78, 5) is 10.6. The minimum absolute atomic E-state index is 0.299. The molecule has 3 aliphatic rings. The molecule has 0 aromatic rings. The highest BCUT2D eigenvalue weighted by Gasteiger charge is 2.54. The van der Waals surface area contributed by atoms with Crippen LogP contribution in [0.15, 0.2) is 12.2 Å². The number of carbonyl (C=O) groups is 1. The first-order valence-electron chi connectivity index (χ1n) is 7.69. The van der Waals surface area contributed by atoms with Gasteiger partial charge in [0.1, 0.15) is 0 Å². The Morgan fingerprint density at radius 1 is 1.21 bits per heavy atom. The fourth-order valence-electron chi connectivity index (χ4n) is 4.82. The second kappa shape index (κ2) is 5.28. The molecule has 5 unspecified atom stereocenters. The van der Waals surface area contributed by atoms with Gasteiger partial charge in [-0.1, -0.05) is 13.0 Å². The summed E-state index contributed by atoms with van der Waals surface area (Å²) < 4.78 is 6.04. The van der Waals surface area contributed by atoms with Gasteiger partial charge in [-0.15, -0.1) is 0 Å². The zero-order valence-electron chi connectivity index (χ0n) is 11.5. The van der Waals surface area contributed by atoms with Gasteiger partial charge in [0, 0.05) is 12.2 Å². The number of ether oxygens (including phenoxy) is 1. The zero-order chi connectivity index (χ0) is 13.4. The molecule has 0 aromatic carbocycles. The van der Waals surface area contributed by atoms with Crippen molar-refractivity contribution in [2.24, 2.45) is 23.7 Å². The lowest BCUT2D eigenvalue weighted by molar-refractivity contribution is -0.132. The predicted octanol–water partition coefficient (Wildman–Crippen LogP) is 3.25. The third-order valence-electron chi connectivity index (χ3n) is 5.63. The maximum Gasteiger partial charge on any atom is 0.330 e. The number of hydrogen-bond donors (Lipinski definition) is 1. The van der Waals surface area contributed by atoms with E-state index in [0.29, 0.717) is 24.7 Å². The number of rotatable bonds is 6. The monoisotopic (exact) mass is 264 g/mol. The lowest BCUT2D eigenvalue weighted by atomic mass is 9.80. The van der Waals surface area contributed by atoms with Crippen molar-refractivity contribution < 1.29 is 14.6 Å². The van der Waals surface area contributed by atoms with E-state index in [1.807, 2.05) is 0 Å². The number of aliphatic carboxylic acids is 1. The van der Waals surface area contributed by atoms with E-state index >= 15 is 0 Å². The molecule has 0 amide bonds. The van der Waals surface area contributed by atoms with Crippen LogP contribution in [-0.4, -0.2) is 23.8 Å². The molecule has 19 heavy (non-hydrogen) atoms. The first-order chi connectivity index (χ1) is 9.16. The van der Waals surface area contributed by atoms with Crippen LogP contribution in [0.5, 0.6) is 0 Å². The third kappa shape index (κ3) is 2.45. The molecule has 0 spiro atoms. The molecule has 0 aromatic heterocycles. The van der Waals surface area contributed by atoms with E-state index in [4.69, 9.17) is 9.84 Å². The maximum atomic E-state index is 10.6. The van der Waals surface area contributed by atoms with Gasteiger partial charge < -0.3 is 9.84 Å². The van der Waals surface area contributed by atoms with E-state index in [-0.39, 0.29) is 0 Å². The van der Waals surface area contributed by atoms with E-state index in [9.17, 15) is 4.79 Å². The Bertz CT molecular complexity index is 376. The molecular formula is C16H24O3. The van der Waals surface area contributed by atoms with Gasteiger partial charge in [-0.3, -0.25) is 0 Å². The molecule has 3 nitrogen and oxygen atoms in total. The van der Waals surface area contributed by atoms with Crippen molar-refractivity contribution in [3.63, 3.8) is 0 Å². The highest BCUT2D eigenvalue weighted by atomic mass is 16.5. The Balaban J connectivity index is 1.41. The molecular weight excluding hydrogens is 240 g/mol. The Labute approximate surface area is 115 Å². The lowest BCUT2D eigenvalue weighted by Gasteiger charge is -2.31. The SMILES string of the molecule is C=C(CCCOC1CC2CC1C1CCCC21)C(=O)O. The standard InChI is InChI=1S/C16H24O3/c1-10(16(17)18)4-3-7-19-15-9-11-8-14(15)13-6-2-5-12(11)13/h11-15H,1-9H2,(H,17,18). The van der Waals surface area contributed by atoms with Gasteiger partial charge in [-0.25, -0.2) is 4.79 Å². The molecule has 106 valence electrons. The minimum Gasteiger partial charge on any atom is -0.478 e. The van der Waals surface area contributed by atoms with Crippen molar-refractivity contribution in [3.8, 4) is 0 Å². The summed E-state index contributed by atoms with van der Waals surface area (Å²) in [6.07, 6.45) is 8.73. The number of fused-ring (bicyclic) bond motifs is 5. The number of carboxylic acid groups (broad SMARTS) is 1. The quantitative estimate of drug-likeness (QED) is 0.591. The van der Waals surface area contributed by atoms with Gasteiger partial charge >= 0.3 is 5.97 Å². The van der Waals surface area contributed by atoms with Crippen molar-refractivity contribution >= 4 is 5.97 Å². The molecule has 3 saturated carbocycles. The van der Waals surface area contributed by atoms with Gasteiger partial charge in [0.15, 0.2) is 0 Å². The topological polar surface area (TPSA) is 46.5 Å². The summed E-state index contributed by atoms with van der Waals surface area (Å²) in [6.45, 7) is 4.24. The molecule has 0 saturated heterocycles. The van der Waals surface area contributed by atoms with Crippen LogP contribution in [0.2, 0.25) is 0 Å². The molecule has 3 fully saturated rings. The smallest absolute Gasteiger partial charge is 0.330 e. The van der Waals surface area contributed by atoms with E-state index in [1.165, 1.54) is 32.1 Å². The summed E-state index contributed by atoms with van der Waals surface area (Å²) >= 11 is 0. The van der Waals surface area contributed by atoms with Gasteiger partial charge in [-0.2, -0.15) is 0 Å². The molecule has 3 heteroatoms. The summed E-state index contributed by atoms with van der Waals surface area (Å²) in [5.74, 6) is 2.81. The molecule has 5 atom stereocenters. The van der Waals surface area contributed by atoms with Crippen molar-refractivity contribution in [1.29, 1.82) is 0 Å². The highest BCUT2D eigenvalue weighted by molar-refractivity contribution is 5.85. The Kier molecular flexibility index (Phi) is 3.66. The van der Waals surface area contributed by atoms with Gasteiger partial charge in [0.2, 0.25) is 0 Å². The molecule has 0 radical (unpaired) electrons. The van der Waals surface area contributed by atoms with E-state index in [2.05, 4.69) is 6.58 Å². The third-order valence-corrected chi connectivity index (χ3v) is 5.63. The Hall–Kier alpha value is -0.830.